The Morgan fingerprint density at radius 2 is 1.87 bits per heavy atom. The van der Waals surface area contributed by atoms with Gasteiger partial charge in [0.25, 0.3) is 0 Å². The summed E-state index contributed by atoms with van der Waals surface area (Å²) in [7, 11) is 4.67. The highest BCUT2D eigenvalue weighted by atomic mass is 32.1. The summed E-state index contributed by atoms with van der Waals surface area (Å²) in [6.07, 6.45) is 2.91. The number of hydrogen-bond acceptors (Lipinski definition) is 5. The van der Waals surface area contributed by atoms with Crippen molar-refractivity contribution in [3.8, 4) is 0 Å². The number of ether oxygens (including phenoxy) is 1. The molecule has 0 spiro atoms. The molecule has 1 atom stereocenters. The van der Waals surface area contributed by atoms with Crippen molar-refractivity contribution in [2.24, 2.45) is 4.99 Å². The Balaban J connectivity index is 1.77. The van der Waals surface area contributed by atoms with Crippen LogP contribution >= 0.6 is 21.9 Å². The van der Waals surface area contributed by atoms with Gasteiger partial charge in [-0.05, 0) is 60.6 Å². The summed E-state index contributed by atoms with van der Waals surface area (Å²) >= 11 is 4.52. The van der Waals surface area contributed by atoms with E-state index in [0.717, 1.165) is 68.1 Å². The molecule has 2 aromatic carbocycles. The Labute approximate surface area is 187 Å². The second-order valence-electron chi connectivity index (χ2n) is 7.15. The van der Waals surface area contributed by atoms with Gasteiger partial charge in [-0.15, -0.1) is 21.9 Å². The first-order valence-electron chi connectivity index (χ1n) is 10.3. The molecule has 1 heterocycles. The second kappa shape index (κ2) is 12.1. The van der Waals surface area contributed by atoms with Crippen LogP contribution < -0.4 is 15.5 Å². The largest absolute Gasteiger partial charge is 0.378 e. The Kier molecular flexibility index (Phi) is 9.22. The van der Waals surface area contributed by atoms with E-state index in [2.05, 4.69) is 66.2 Å². The predicted octanol–water partition coefficient (Wildman–Crippen LogP) is 3.52. The van der Waals surface area contributed by atoms with E-state index in [-0.39, 0.29) is 0 Å². The highest BCUT2D eigenvalue weighted by Gasteiger charge is 2.13. The second-order valence-corrected chi connectivity index (χ2v) is 8.07. The van der Waals surface area contributed by atoms with E-state index in [1.807, 2.05) is 43.1 Å². The normalized spacial score (nSPS) is 15.0. The van der Waals surface area contributed by atoms with E-state index in [1.165, 1.54) is 5.69 Å². The van der Waals surface area contributed by atoms with Gasteiger partial charge >= 0.3 is 0 Å². The molecule has 0 aromatic heterocycles. The van der Waals surface area contributed by atoms with Crippen molar-refractivity contribution in [2.45, 2.75) is 6.42 Å². The Bertz CT molecular complexity index is 833. The fourth-order valence-electron chi connectivity index (χ4n) is 3.34. The van der Waals surface area contributed by atoms with Gasteiger partial charge in [0.2, 0.25) is 0 Å². The maximum absolute atomic E-state index is 5.46. The number of nitrogens with zero attached hydrogens (tertiary/aromatic N) is 3. The molecule has 2 aromatic rings. The van der Waals surface area contributed by atoms with Gasteiger partial charge in [0.15, 0.2) is 0 Å². The third kappa shape index (κ3) is 6.58. The van der Waals surface area contributed by atoms with Gasteiger partial charge in [0.05, 0.1) is 30.9 Å². The lowest BCUT2D eigenvalue weighted by Crippen LogP contribution is -2.36. The number of rotatable bonds is 9. The quantitative estimate of drug-likeness (QED) is 0.205. The number of hydrogen-bond donors (Lipinski definition) is 2. The van der Waals surface area contributed by atoms with E-state index in [1.54, 1.807) is 0 Å². The van der Waals surface area contributed by atoms with Crippen LogP contribution in [0.3, 0.4) is 0 Å². The van der Waals surface area contributed by atoms with E-state index in [4.69, 9.17) is 4.74 Å². The molecule has 1 unspecified atom stereocenters. The molecule has 30 heavy (non-hydrogen) atoms. The Hall–Kier alpha value is -1.85. The van der Waals surface area contributed by atoms with Crippen LogP contribution in [0.2, 0.25) is 0 Å². The average molecular weight is 443 g/mol. The molecule has 3 rings (SSSR count). The third-order valence-electron chi connectivity index (χ3n) is 5.04. The predicted molar refractivity (Wildman–Crippen MR) is 136 cm³/mol. The van der Waals surface area contributed by atoms with Gasteiger partial charge in [-0.3, -0.25) is 0 Å². The first kappa shape index (κ1) is 22.8. The summed E-state index contributed by atoms with van der Waals surface area (Å²) in [5.41, 5.74) is 4.32. The highest BCUT2D eigenvalue weighted by molar-refractivity contribution is 7.83. The van der Waals surface area contributed by atoms with Crippen LogP contribution in [0.5, 0.6) is 0 Å². The fourth-order valence-corrected chi connectivity index (χ4v) is 3.83. The zero-order valence-electron chi connectivity index (χ0n) is 17.5. The minimum Gasteiger partial charge on any atom is -0.378 e. The molecule has 0 radical (unpaired) electrons. The lowest BCUT2D eigenvalue weighted by atomic mass is 10.1. The van der Waals surface area contributed by atoms with Crippen molar-refractivity contribution in [1.82, 2.24) is 10.2 Å². The van der Waals surface area contributed by atoms with E-state index >= 15 is 0 Å². The monoisotopic (exact) mass is 442 g/mol. The number of morpholine rings is 1. The standard InChI is InChI=1S/C23H31N4OPS/c1-24-11-2-12-27(18-25-20-5-9-22(29)10-6-20)23(17-30)19-3-7-21(8-4-19)26-13-15-28-16-14-26/h3-10,17-18,24,30H,2,11-16,29H2,1H3/b23-17-,25-18?. The number of aliphatic imine (C=N–C) groups is 1. The van der Waals surface area contributed by atoms with Crippen molar-refractivity contribution < 1.29 is 4.74 Å². The smallest absolute Gasteiger partial charge is 0.0957 e. The van der Waals surface area contributed by atoms with Crippen LogP contribution in [-0.4, -0.2) is 57.7 Å². The molecule has 1 N–H and O–H groups in total. The molecule has 0 saturated carbocycles. The van der Waals surface area contributed by atoms with Crippen LogP contribution in [0.4, 0.5) is 11.4 Å². The molecule has 1 fully saturated rings. The number of thiol groups is 1. The maximum atomic E-state index is 5.46. The van der Waals surface area contributed by atoms with Gasteiger partial charge in [-0.25, -0.2) is 4.99 Å². The molecule has 1 aliphatic rings. The van der Waals surface area contributed by atoms with Crippen molar-refractivity contribution >= 4 is 50.6 Å². The lowest BCUT2D eigenvalue weighted by molar-refractivity contribution is 0.122. The molecule has 1 saturated heterocycles. The van der Waals surface area contributed by atoms with Crippen molar-refractivity contribution in [2.75, 3.05) is 51.3 Å². The first-order chi connectivity index (χ1) is 14.7. The summed E-state index contributed by atoms with van der Waals surface area (Å²) in [5.74, 6) is 0. The van der Waals surface area contributed by atoms with Gasteiger partial charge in [0.1, 0.15) is 0 Å². The minimum atomic E-state index is 0.789. The summed E-state index contributed by atoms with van der Waals surface area (Å²) in [6.45, 7) is 5.25. The van der Waals surface area contributed by atoms with Gasteiger partial charge in [-0.2, -0.15) is 0 Å². The molecule has 0 aliphatic carbocycles. The molecule has 0 bridgehead atoms. The SMILES string of the molecule is CNCCCN(C=Nc1ccc(P)cc1)/C(=C\S)c1ccc(N2CCOCC2)cc1. The summed E-state index contributed by atoms with van der Waals surface area (Å²) < 4.78 is 5.46. The molecule has 160 valence electrons. The summed E-state index contributed by atoms with van der Waals surface area (Å²) in [4.78, 5) is 9.22. The number of benzene rings is 2. The van der Waals surface area contributed by atoms with Crippen LogP contribution in [0, 0.1) is 0 Å². The van der Waals surface area contributed by atoms with Crippen LogP contribution in [-0.2, 0) is 4.74 Å². The first-order valence-corrected chi connectivity index (χ1v) is 11.4. The number of anilines is 1. The van der Waals surface area contributed by atoms with Gasteiger partial charge < -0.3 is 19.9 Å². The Morgan fingerprint density at radius 1 is 1.17 bits per heavy atom. The molecule has 7 heteroatoms. The van der Waals surface area contributed by atoms with Crippen LogP contribution in [0.15, 0.2) is 58.9 Å². The number of nitrogens with one attached hydrogen (secondary N) is 1. The molecule has 1 aliphatic heterocycles. The van der Waals surface area contributed by atoms with Crippen molar-refractivity contribution in [1.29, 1.82) is 0 Å². The highest BCUT2D eigenvalue weighted by Crippen LogP contribution is 2.24. The third-order valence-corrected chi connectivity index (χ3v) is 5.67. The van der Waals surface area contributed by atoms with Crippen molar-refractivity contribution in [3.63, 3.8) is 0 Å². The molecular formula is C23H31N4OPS. The molecule has 5 nitrogen and oxygen atoms in total. The summed E-state index contributed by atoms with van der Waals surface area (Å²) in [6, 6.07) is 16.8. The zero-order chi connectivity index (χ0) is 21.2. The molecule has 0 amide bonds. The summed E-state index contributed by atoms with van der Waals surface area (Å²) in [5, 5.41) is 6.23. The molecular weight excluding hydrogens is 411 g/mol. The van der Waals surface area contributed by atoms with Crippen LogP contribution in [0.25, 0.3) is 5.70 Å². The van der Waals surface area contributed by atoms with Crippen LogP contribution in [0.1, 0.15) is 12.0 Å². The van der Waals surface area contributed by atoms with Crippen molar-refractivity contribution in [3.05, 3.63) is 59.5 Å². The average Bonchev–Trinajstić information content (AvgIpc) is 2.80. The fraction of sp³-hybridized carbons (Fsp3) is 0.348. The minimum absolute atomic E-state index is 0.789. The lowest BCUT2D eigenvalue weighted by Gasteiger charge is -2.29. The van der Waals surface area contributed by atoms with E-state index in [0.29, 0.717) is 0 Å². The van der Waals surface area contributed by atoms with E-state index in [9.17, 15) is 0 Å². The topological polar surface area (TPSA) is 40.1 Å². The zero-order valence-corrected chi connectivity index (χ0v) is 19.5. The maximum Gasteiger partial charge on any atom is 0.0957 e. The van der Waals surface area contributed by atoms with Gasteiger partial charge in [0, 0.05) is 25.3 Å². The van der Waals surface area contributed by atoms with Gasteiger partial charge in [-0.1, -0.05) is 24.3 Å². The van der Waals surface area contributed by atoms with E-state index < -0.39 is 0 Å². The Morgan fingerprint density at radius 3 is 2.50 bits per heavy atom.